The van der Waals surface area contributed by atoms with Crippen molar-refractivity contribution in [1.29, 1.82) is 0 Å². The zero-order valence-electron chi connectivity index (χ0n) is 10.3. The smallest absolute Gasteiger partial charge is 0.258 e. The molecule has 0 unspecified atom stereocenters. The van der Waals surface area contributed by atoms with E-state index in [0.29, 0.717) is 12.5 Å². The number of rotatable bonds is 4. The quantitative estimate of drug-likeness (QED) is 0.833. The molecule has 4 fully saturated rings. The monoisotopic (exact) mass is 259 g/mol. The Labute approximate surface area is 103 Å². The summed E-state index contributed by atoms with van der Waals surface area (Å²) in [6.07, 6.45) is 6.65. The van der Waals surface area contributed by atoms with Crippen molar-refractivity contribution in [2.75, 3.05) is 13.7 Å². The lowest BCUT2D eigenvalue weighted by Gasteiger charge is -2.54. The summed E-state index contributed by atoms with van der Waals surface area (Å²) in [4.78, 5) is 0. The molecule has 0 aromatic heterocycles. The highest BCUT2D eigenvalue weighted by molar-refractivity contribution is 7.84. The minimum absolute atomic E-state index is 0.387. The van der Waals surface area contributed by atoms with Crippen LogP contribution in [-0.4, -0.2) is 22.1 Å². The van der Waals surface area contributed by atoms with Crippen LogP contribution in [0.1, 0.15) is 32.1 Å². The van der Waals surface area contributed by atoms with Crippen molar-refractivity contribution in [3.63, 3.8) is 0 Å². The summed E-state index contributed by atoms with van der Waals surface area (Å²) in [6.45, 7) is 0.387. The Kier molecular flexibility index (Phi) is 2.96. The van der Waals surface area contributed by atoms with Gasteiger partial charge in [-0.2, -0.15) is 13.1 Å². The molecule has 98 valence electrons. The Morgan fingerprint density at radius 3 is 2.06 bits per heavy atom. The van der Waals surface area contributed by atoms with Crippen LogP contribution >= 0.6 is 0 Å². The highest BCUT2D eigenvalue weighted by Gasteiger charge is 2.48. The third-order valence-electron chi connectivity index (χ3n) is 5.09. The molecule has 4 bridgehead atoms. The van der Waals surface area contributed by atoms with Gasteiger partial charge in [0.1, 0.15) is 0 Å². The van der Waals surface area contributed by atoms with E-state index in [2.05, 4.69) is 4.72 Å². The van der Waals surface area contributed by atoms with Gasteiger partial charge in [0.15, 0.2) is 0 Å². The predicted octanol–water partition coefficient (Wildman–Crippen LogP) is 1.54. The van der Waals surface area contributed by atoms with Crippen molar-refractivity contribution in [3.05, 3.63) is 0 Å². The molecule has 0 aromatic carbocycles. The average Bonchev–Trinajstić information content (AvgIpc) is 2.27. The summed E-state index contributed by atoms with van der Waals surface area (Å²) < 4.78 is 29.9. The first-order valence-corrected chi connectivity index (χ1v) is 8.06. The van der Waals surface area contributed by atoms with E-state index in [1.807, 2.05) is 0 Å². The molecule has 17 heavy (non-hydrogen) atoms. The summed E-state index contributed by atoms with van der Waals surface area (Å²) in [6, 6.07) is 0. The SMILES string of the molecule is CNS(=O)(=O)OCC1C2CC3CC(C2)CC1C3. The van der Waals surface area contributed by atoms with Crippen molar-refractivity contribution in [3.8, 4) is 0 Å². The van der Waals surface area contributed by atoms with Crippen LogP contribution in [-0.2, 0) is 14.5 Å². The lowest BCUT2D eigenvalue weighted by Crippen LogP contribution is -2.47. The van der Waals surface area contributed by atoms with Gasteiger partial charge < -0.3 is 0 Å². The van der Waals surface area contributed by atoms with E-state index < -0.39 is 10.3 Å². The van der Waals surface area contributed by atoms with Gasteiger partial charge in [-0.1, -0.05) is 0 Å². The molecule has 0 saturated heterocycles. The Hall–Kier alpha value is -0.130. The molecule has 0 heterocycles. The van der Waals surface area contributed by atoms with Crippen LogP contribution in [0, 0.1) is 29.6 Å². The van der Waals surface area contributed by atoms with Crippen LogP contribution in [0.5, 0.6) is 0 Å². The summed E-state index contributed by atoms with van der Waals surface area (Å²) in [7, 11) is -2.11. The maximum Gasteiger partial charge on any atom is 0.335 e. The lowest BCUT2D eigenvalue weighted by atomic mass is 9.52. The molecular formula is C12H21NO3S. The molecule has 0 amide bonds. The van der Waals surface area contributed by atoms with Gasteiger partial charge in [0.2, 0.25) is 0 Å². The third-order valence-corrected chi connectivity index (χ3v) is 6.03. The summed E-state index contributed by atoms with van der Waals surface area (Å²) in [5, 5.41) is 0. The van der Waals surface area contributed by atoms with Crippen molar-refractivity contribution in [2.45, 2.75) is 32.1 Å². The van der Waals surface area contributed by atoms with E-state index in [-0.39, 0.29) is 0 Å². The van der Waals surface area contributed by atoms with Gasteiger partial charge in [-0.05, 0) is 61.7 Å². The molecule has 4 aliphatic carbocycles. The van der Waals surface area contributed by atoms with Gasteiger partial charge >= 0.3 is 10.3 Å². The van der Waals surface area contributed by atoms with E-state index in [9.17, 15) is 8.42 Å². The molecule has 0 atom stereocenters. The highest BCUT2D eigenvalue weighted by Crippen LogP contribution is 2.56. The van der Waals surface area contributed by atoms with Crippen molar-refractivity contribution >= 4 is 10.3 Å². The van der Waals surface area contributed by atoms with Gasteiger partial charge in [-0.3, -0.25) is 4.18 Å². The minimum atomic E-state index is -3.50. The zero-order chi connectivity index (χ0) is 12.0. The topological polar surface area (TPSA) is 55.4 Å². The molecule has 0 spiro atoms. The van der Waals surface area contributed by atoms with E-state index in [1.165, 1.54) is 39.2 Å². The first kappa shape index (κ1) is 11.9. The second kappa shape index (κ2) is 4.21. The van der Waals surface area contributed by atoms with Gasteiger partial charge in [-0.25, -0.2) is 0 Å². The fourth-order valence-electron chi connectivity index (χ4n) is 4.54. The van der Waals surface area contributed by atoms with Gasteiger partial charge in [0, 0.05) is 7.05 Å². The molecular weight excluding hydrogens is 238 g/mol. The molecule has 0 radical (unpaired) electrons. The van der Waals surface area contributed by atoms with Crippen LogP contribution in [0.2, 0.25) is 0 Å². The fraction of sp³-hybridized carbons (Fsp3) is 1.00. The van der Waals surface area contributed by atoms with Crippen LogP contribution in [0.4, 0.5) is 0 Å². The molecule has 4 aliphatic rings. The van der Waals surface area contributed by atoms with Crippen LogP contribution < -0.4 is 4.72 Å². The number of hydrogen-bond donors (Lipinski definition) is 1. The highest BCUT2D eigenvalue weighted by atomic mass is 32.2. The maximum atomic E-state index is 11.3. The van der Waals surface area contributed by atoms with Gasteiger partial charge in [-0.15, -0.1) is 0 Å². The second-order valence-corrected chi connectivity index (χ2v) is 7.59. The molecule has 4 saturated carbocycles. The predicted molar refractivity (Wildman–Crippen MR) is 64.5 cm³/mol. The summed E-state index contributed by atoms with van der Waals surface area (Å²) in [5.41, 5.74) is 0. The van der Waals surface area contributed by atoms with Crippen molar-refractivity contribution < 1.29 is 12.6 Å². The van der Waals surface area contributed by atoms with Crippen LogP contribution in [0.3, 0.4) is 0 Å². The normalized spacial score (nSPS) is 44.2. The van der Waals surface area contributed by atoms with E-state index >= 15 is 0 Å². The first-order chi connectivity index (χ1) is 8.07. The molecule has 0 aromatic rings. The second-order valence-electron chi connectivity index (χ2n) is 6.04. The largest absolute Gasteiger partial charge is 0.335 e. The van der Waals surface area contributed by atoms with E-state index in [1.54, 1.807) is 0 Å². The Morgan fingerprint density at radius 1 is 1.06 bits per heavy atom. The van der Waals surface area contributed by atoms with Gasteiger partial charge in [0.25, 0.3) is 0 Å². The standard InChI is InChI=1S/C12H21NO3S/c1-13-17(14,15)16-7-12-10-3-8-2-9(5-10)6-11(12)4-8/h8-13H,2-7H2,1H3. The molecule has 1 N–H and O–H groups in total. The zero-order valence-corrected chi connectivity index (χ0v) is 11.1. The molecule has 4 nitrogen and oxygen atoms in total. The van der Waals surface area contributed by atoms with E-state index in [0.717, 1.165) is 23.7 Å². The van der Waals surface area contributed by atoms with E-state index in [4.69, 9.17) is 4.18 Å². The number of hydrogen-bond acceptors (Lipinski definition) is 3. The molecule has 5 heteroatoms. The van der Waals surface area contributed by atoms with Crippen LogP contribution in [0.25, 0.3) is 0 Å². The molecule has 0 aliphatic heterocycles. The minimum Gasteiger partial charge on any atom is -0.258 e. The lowest BCUT2D eigenvalue weighted by molar-refractivity contribution is -0.0522. The molecule has 4 rings (SSSR count). The average molecular weight is 259 g/mol. The number of nitrogens with one attached hydrogen (secondary N) is 1. The van der Waals surface area contributed by atoms with Crippen molar-refractivity contribution in [1.82, 2.24) is 4.72 Å². The maximum absolute atomic E-state index is 11.3. The Bertz CT molecular complexity index is 365. The van der Waals surface area contributed by atoms with Gasteiger partial charge in [0.05, 0.1) is 6.61 Å². The summed E-state index contributed by atoms with van der Waals surface area (Å²) in [5.74, 6) is 3.77. The third kappa shape index (κ3) is 2.25. The Morgan fingerprint density at radius 2 is 1.59 bits per heavy atom. The fourth-order valence-corrected chi connectivity index (χ4v) is 4.99. The van der Waals surface area contributed by atoms with Crippen molar-refractivity contribution in [2.24, 2.45) is 29.6 Å². The Balaban J connectivity index is 1.65. The first-order valence-electron chi connectivity index (χ1n) is 6.65. The summed E-state index contributed by atoms with van der Waals surface area (Å²) >= 11 is 0. The van der Waals surface area contributed by atoms with Crippen LogP contribution in [0.15, 0.2) is 0 Å².